The first-order valence-corrected chi connectivity index (χ1v) is 6.26. The summed E-state index contributed by atoms with van der Waals surface area (Å²) in [6, 6.07) is 0. The molecule has 1 N–H and O–H groups in total. The fourth-order valence-electron chi connectivity index (χ4n) is 1.09. The second-order valence-electron chi connectivity index (χ2n) is 3.58. The maximum Gasteiger partial charge on any atom is 0.216 e. The van der Waals surface area contributed by atoms with E-state index in [-0.39, 0.29) is 5.91 Å². The van der Waals surface area contributed by atoms with Gasteiger partial charge in [-0.05, 0) is 0 Å². The molecule has 0 aliphatic heterocycles. The molecular weight excluding hydrogens is 250 g/mol. The first-order chi connectivity index (χ1) is 9.27. The highest BCUT2D eigenvalue weighted by Gasteiger charge is 1.93. The number of terminal acetylenes is 1. The molecule has 6 nitrogen and oxygen atoms in total. The van der Waals surface area contributed by atoms with Crippen LogP contribution < -0.4 is 5.32 Å². The molecule has 19 heavy (non-hydrogen) atoms. The summed E-state index contributed by atoms with van der Waals surface area (Å²) in [7, 11) is 0. The summed E-state index contributed by atoms with van der Waals surface area (Å²) >= 11 is 0. The molecule has 0 rings (SSSR count). The van der Waals surface area contributed by atoms with Gasteiger partial charge in [-0.3, -0.25) is 4.79 Å². The molecule has 0 aliphatic rings. The monoisotopic (exact) mass is 273 g/mol. The van der Waals surface area contributed by atoms with Gasteiger partial charge in [0.1, 0.15) is 6.61 Å². The third kappa shape index (κ3) is 16.9. The van der Waals surface area contributed by atoms with Gasteiger partial charge in [0.25, 0.3) is 0 Å². The molecule has 0 saturated carbocycles. The Morgan fingerprint density at radius 2 is 1.42 bits per heavy atom. The van der Waals surface area contributed by atoms with Gasteiger partial charge in [0.15, 0.2) is 0 Å². The first kappa shape index (κ1) is 17.9. The third-order valence-electron chi connectivity index (χ3n) is 1.92. The fraction of sp³-hybridized carbons (Fsp3) is 0.769. The van der Waals surface area contributed by atoms with Gasteiger partial charge in [-0.15, -0.1) is 6.42 Å². The van der Waals surface area contributed by atoms with Gasteiger partial charge >= 0.3 is 0 Å². The Balaban J connectivity index is 2.95. The van der Waals surface area contributed by atoms with E-state index < -0.39 is 0 Å². The zero-order valence-corrected chi connectivity index (χ0v) is 11.5. The Bertz CT molecular complexity index is 252. The molecule has 1 amide bonds. The zero-order valence-electron chi connectivity index (χ0n) is 11.5. The van der Waals surface area contributed by atoms with E-state index in [1.165, 1.54) is 6.92 Å². The summed E-state index contributed by atoms with van der Waals surface area (Å²) in [5, 5.41) is 2.64. The number of carbonyl (C=O) groups excluding carboxylic acids is 1. The average Bonchev–Trinajstić information content (AvgIpc) is 2.39. The van der Waals surface area contributed by atoms with Crippen molar-refractivity contribution in [3.05, 3.63) is 0 Å². The average molecular weight is 273 g/mol. The van der Waals surface area contributed by atoms with Crippen molar-refractivity contribution in [3.8, 4) is 12.3 Å². The molecule has 0 saturated heterocycles. The first-order valence-electron chi connectivity index (χ1n) is 6.26. The van der Waals surface area contributed by atoms with E-state index >= 15 is 0 Å². The fourth-order valence-corrected chi connectivity index (χ4v) is 1.09. The number of nitrogens with one attached hydrogen (secondary N) is 1. The predicted molar refractivity (Wildman–Crippen MR) is 70.8 cm³/mol. The van der Waals surface area contributed by atoms with Gasteiger partial charge in [0.05, 0.1) is 46.2 Å². The van der Waals surface area contributed by atoms with Crippen LogP contribution in [0, 0.1) is 12.3 Å². The van der Waals surface area contributed by atoms with Crippen LogP contribution in [0.5, 0.6) is 0 Å². The molecule has 0 aromatic rings. The highest BCUT2D eigenvalue weighted by atomic mass is 16.6. The summed E-state index contributed by atoms with van der Waals surface area (Å²) in [6.45, 7) is 5.87. The van der Waals surface area contributed by atoms with Gasteiger partial charge in [0, 0.05) is 13.5 Å². The van der Waals surface area contributed by atoms with Gasteiger partial charge in [-0.2, -0.15) is 0 Å². The Labute approximate surface area is 114 Å². The van der Waals surface area contributed by atoms with Crippen molar-refractivity contribution >= 4 is 5.91 Å². The SMILES string of the molecule is C#CCOCCOCCOCCOCCNC(C)=O. The van der Waals surface area contributed by atoms with Crippen molar-refractivity contribution < 1.29 is 23.7 Å². The molecular formula is C13H23NO5. The molecule has 6 heteroatoms. The summed E-state index contributed by atoms with van der Waals surface area (Å²) in [5.41, 5.74) is 0. The molecule has 0 aromatic carbocycles. The molecule has 0 bridgehead atoms. The van der Waals surface area contributed by atoms with E-state index in [9.17, 15) is 4.79 Å². The predicted octanol–water partition coefficient (Wildman–Crippen LogP) is -0.178. The van der Waals surface area contributed by atoms with Crippen molar-refractivity contribution in [1.29, 1.82) is 0 Å². The second-order valence-corrected chi connectivity index (χ2v) is 3.58. The Kier molecular flexibility index (Phi) is 14.0. The largest absolute Gasteiger partial charge is 0.377 e. The topological polar surface area (TPSA) is 66.0 Å². The molecule has 110 valence electrons. The van der Waals surface area contributed by atoms with Crippen LogP contribution in [0.4, 0.5) is 0 Å². The van der Waals surface area contributed by atoms with Crippen LogP contribution in [0.25, 0.3) is 0 Å². The normalized spacial score (nSPS) is 10.1. The van der Waals surface area contributed by atoms with E-state index in [2.05, 4.69) is 11.2 Å². The molecule has 0 spiro atoms. The number of amides is 1. The van der Waals surface area contributed by atoms with Gasteiger partial charge < -0.3 is 24.3 Å². The lowest BCUT2D eigenvalue weighted by atomic mass is 10.6. The lowest BCUT2D eigenvalue weighted by Gasteiger charge is -2.07. The maximum atomic E-state index is 10.5. The van der Waals surface area contributed by atoms with Crippen LogP contribution in [0.2, 0.25) is 0 Å². The quantitative estimate of drug-likeness (QED) is 0.372. The number of rotatable bonds is 13. The van der Waals surface area contributed by atoms with Crippen LogP contribution in [0.3, 0.4) is 0 Å². The van der Waals surface area contributed by atoms with E-state index in [1.807, 2.05) is 0 Å². The Morgan fingerprint density at radius 3 is 1.89 bits per heavy atom. The van der Waals surface area contributed by atoms with E-state index in [0.29, 0.717) is 59.4 Å². The molecule has 0 aromatic heterocycles. The number of ether oxygens (including phenoxy) is 4. The minimum atomic E-state index is -0.0526. The third-order valence-corrected chi connectivity index (χ3v) is 1.92. The minimum absolute atomic E-state index is 0.0526. The molecule has 0 fully saturated rings. The lowest BCUT2D eigenvalue weighted by molar-refractivity contribution is -0.119. The smallest absolute Gasteiger partial charge is 0.216 e. The van der Waals surface area contributed by atoms with Crippen molar-refractivity contribution in [1.82, 2.24) is 5.32 Å². The van der Waals surface area contributed by atoms with Crippen molar-refractivity contribution in [3.63, 3.8) is 0 Å². The minimum Gasteiger partial charge on any atom is -0.377 e. The highest BCUT2D eigenvalue weighted by molar-refractivity contribution is 5.72. The highest BCUT2D eigenvalue weighted by Crippen LogP contribution is 1.82. The number of carbonyl (C=O) groups is 1. The maximum absolute atomic E-state index is 10.5. The van der Waals surface area contributed by atoms with Crippen LogP contribution in [0.1, 0.15) is 6.92 Å². The molecule has 0 radical (unpaired) electrons. The van der Waals surface area contributed by atoms with Gasteiger partial charge in [-0.1, -0.05) is 5.92 Å². The van der Waals surface area contributed by atoms with Crippen LogP contribution in [-0.2, 0) is 23.7 Å². The summed E-state index contributed by atoms with van der Waals surface area (Å²) < 4.78 is 20.8. The zero-order chi connectivity index (χ0) is 14.2. The van der Waals surface area contributed by atoms with Crippen molar-refractivity contribution in [2.24, 2.45) is 0 Å². The Morgan fingerprint density at radius 1 is 0.947 bits per heavy atom. The summed E-state index contributed by atoms with van der Waals surface area (Å²) in [4.78, 5) is 10.5. The van der Waals surface area contributed by atoms with Crippen molar-refractivity contribution in [2.75, 3.05) is 59.4 Å². The van der Waals surface area contributed by atoms with E-state index in [4.69, 9.17) is 25.4 Å². The molecule has 0 heterocycles. The van der Waals surface area contributed by atoms with E-state index in [0.717, 1.165) is 0 Å². The van der Waals surface area contributed by atoms with E-state index in [1.54, 1.807) is 0 Å². The second kappa shape index (κ2) is 14.9. The number of hydrogen-bond acceptors (Lipinski definition) is 5. The van der Waals surface area contributed by atoms with Gasteiger partial charge in [0.2, 0.25) is 5.91 Å². The molecule has 0 aliphatic carbocycles. The lowest BCUT2D eigenvalue weighted by Crippen LogP contribution is -2.25. The van der Waals surface area contributed by atoms with Crippen LogP contribution in [-0.4, -0.2) is 65.3 Å². The summed E-state index contributed by atoms with van der Waals surface area (Å²) in [5.74, 6) is 2.32. The van der Waals surface area contributed by atoms with Crippen LogP contribution >= 0.6 is 0 Å². The summed E-state index contributed by atoms with van der Waals surface area (Å²) in [6.07, 6.45) is 5.01. The molecule has 0 unspecified atom stereocenters. The standard InChI is InChI=1S/C13H23NO5/c1-3-5-16-7-9-18-11-12-19-10-8-17-6-4-14-13(2)15/h1H,4-12H2,2H3,(H,14,15). The Hall–Kier alpha value is -1.13. The molecule has 0 atom stereocenters. The number of hydrogen-bond donors (Lipinski definition) is 1. The van der Waals surface area contributed by atoms with Crippen molar-refractivity contribution in [2.45, 2.75) is 6.92 Å². The van der Waals surface area contributed by atoms with Gasteiger partial charge in [-0.25, -0.2) is 0 Å². The van der Waals surface area contributed by atoms with Crippen LogP contribution in [0.15, 0.2) is 0 Å².